The lowest BCUT2D eigenvalue weighted by Gasteiger charge is -2.24. The van der Waals surface area contributed by atoms with Gasteiger partial charge < -0.3 is 10.1 Å². The molecule has 0 aliphatic rings. The van der Waals surface area contributed by atoms with Crippen LogP contribution in [0.25, 0.3) is 0 Å². The molecule has 0 bridgehead atoms. The number of aryl methyl sites for hydroxylation is 1. The maximum Gasteiger partial charge on any atom is 0.264 e. The molecule has 0 heterocycles. The molecule has 0 spiro atoms. The molecule has 0 fully saturated rings. The van der Waals surface area contributed by atoms with Crippen molar-refractivity contribution in [2.45, 2.75) is 22.5 Å². The highest BCUT2D eigenvalue weighted by molar-refractivity contribution is 7.98. The van der Waals surface area contributed by atoms with E-state index in [0.29, 0.717) is 22.1 Å². The van der Waals surface area contributed by atoms with E-state index in [4.69, 9.17) is 16.3 Å². The maximum absolute atomic E-state index is 13.6. The Morgan fingerprint density at radius 2 is 1.63 bits per heavy atom. The number of rotatable bonds is 10. The molecule has 6 nitrogen and oxygen atoms in total. The Labute approximate surface area is 232 Å². The van der Waals surface area contributed by atoms with E-state index in [9.17, 15) is 13.2 Å². The predicted molar refractivity (Wildman–Crippen MR) is 155 cm³/mol. The van der Waals surface area contributed by atoms with Crippen LogP contribution in [0.1, 0.15) is 11.1 Å². The third-order valence-electron chi connectivity index (χ3n) is 5.76. The van der Waals surface area contributed by atoms with Gasteiger partial charge >= 0.3 is 0 Å². The number of anilines is 2. The van der Waals surface area contributed by atoms with E-state index < -0.39 is 22.5 Å². The number of carbonyl (C=O) groups is 1. The Balaban J connectivity index is 1.52. The van der Waals surface area contributed by atoms with Crippen LogP contribution in [0.4, 0.5) is 11.4 Å². The Morgan fingerprint density at radius 1 is 0.947 bits per heavy atom. The quantitative estimate of drug-likeness (QED) is 0.214. The Kier molecular flexibility index (Phi) is 8.99. The SMILES string of the molecule is COc1ccc(S(=O)(=O)N(CC(=O)Nc2ccc(CSc3ccccc3)cc2C)c2ccc(Cl)cc2)cc1. The lowest BCUT2D eigenvalue weighted by molar-refractivity contribution is -0.114. The van der Waals surface area contributed by atoms with Gasteiger partial charge in [-0.25, -0.2) is 8.42 Å². The number of hydrogen-bond donors (Lipinski definition) is 1. The second-order valence-electron chi connectivity index (χ2n) is 8.46. The Bertz CT molecular complexity index is 1490. The summed E-state index contributed by atoms with van der Waals surface area (Å²) in [6, 6.07) is 28.3. The van der Waals surface area contributed by atoms with Gasteiger partial charge in [-0.1, -0.05) is 41.9 Å². The normalized spacial score (nSPS) is 11.1. The summed E-state index contributed by atoms with van der Waals surface area (Å²) in [7, 11) is -2.55. The fourth-order valence-electron chi connectivity index (χ4n) is 3.76. The first-order valence-corrected chi connectivity index (χ1v) is 14.6. The number of nitrogens with zero attached hydrogens (tertiary/aromatic N) is 1. The van der Waals surface area contributed by atoms with E-state index in [1.807, 2.05) is 43.3 Å². The minimum Gasteiger partial charge on any atom is -0.497 e. The number of sulfonamides is 1. The van der Waals surface area contributed by atoms with Crippen LogP contribution in [0.3, 0.4) is 0 Å². The average molecular weight is 567 g/mol. The molecule has 1 amide bonds. The number of amides is 1. The molecule has 0 aliphatic carbocycles. The van der Waals surface area contributed by atoms with Crippen LogP contribution in [0.5, 0.6) is 5.75 Å². The highest BCUT2D eigenvalue weighted by Crippen LogP contribution is 2.28. The molecule has 4 aromatic carbocycles. The van der Waals surface area contributed by atoms with Gasteiger partial charge in [0.1, 0.15) is 12.3 Å². The summed E-state index contributed by atoms with van der Waals surface area (Å²) in [6.07, 6.45) is 0. The van der Waals surface area contributed by atoms with Crippen LogP contribution in [0.15, 0.2) is 107 Å². The fraction of sp³-hybridized carbons (Fsp3) is 0.138. The minimum absolute atomic E-state index is 0.0394. The lowest BCUT2D eigenvalue weighted by atomic mass is 10.1. The number of halogens is 1. The van der Waals surface area contributed by atoms with Crippen LogP contribution >= 0.6 is 23.4 Å². The third kappa shape index (κ3) is 6.89. The topological polar surface area (TPSA) is 75.7 Å². The molecule has 0 aliphatic heterocycles. The van der Waals surface area contributed by atoms with Gasteiger partial charge in [-0.3, -0.25) is 9.10 Å². The van der Waals surface area contributed by atoms with Crippen molar-refractivity contribution in [3.8, 4) is 5.75 Å². The van der Waals surface area contributed by atoms with Gasteiger partial charge in [-0.15, -0.1) is 11.8 Å². The lowest BCUT2D eigenvalue weighted by Crippen LogP contribution is -2.38. The summed E-state index contributed by atoms with van der Waals surface area (Å²) < 4.78 is 33.4. The van der Waals surface area contributed by atoms with Crippen LogP contribution in [-0.2, 0) is 20.6 Å². The van der Waals surface area contributed by atoms with Crippen molar-refractivity contribution in [3.63, 3.8) is 0 Å². The van der Waals surface area contributed by atoms with E-state index in [2.05, 4.69) is 17.4 Å². The van der Waals surface area contributed by atoms with Gasteiger partial charge in [-0.2, -0.15) is 0 Å². The van der Waals surface area contributed by atoms with Crippen molar-refractivity contribution < 1.29 is 17.9 Å². The summed E-state index contributed by atoms with van der Waals surface area (Å²) >= 11 is 7.75. The van der Waals surface area contributed by atoms with E-state index in [0.717, 1.165) is 21.2 Å². The Morgan fingerprint density at radius 3 is 2.26 bits per heavy atom. The molecular formula is C29H27ClN2O4S2. The smallest absolute Gasteiger partial charge is 0.264 e. The van der Waals surface area contributed by atoms with Crippen molar-refractivity contribution in [1.29, 1.82) is 0 Å². The number of nitrogens with one attached hydrogen (secondary N) is 1. The molecule has 0 unspecified atom stereocenters. The average Bonchev–Trinajstić information content (AvgIpc) is 2.93. The number of methoxy groups -OCH3 is 1. The molecule has 0 saturated carbocycles. The maximum atomic E-state index is 13.6. The highest BCUT2D eigenvalue weighted by Gasteiger charge is 2.27. The van der Waals surface area contributed by atoms with Crippen LogP contribution < -0.4 is 14.4 Å². The zero-order valence-electron chi connectivity index (χ0n) is 20.9. The molecule has 9 heteroatoms. The van der Waals surface area contributed by atoms with Gasteiger partial charge in [0.25, 0.3) is 10.0 Å². The second kappa shape index (κ2) is 12.4. The molecule has 0 aromatic heterocycles. The molecule has 196 valence electrons. The van der Waals surface area contributed by atoms with Gasteiger partial charge in [0.15, 0.2) is 0 Å². The third-order valence-corrected chi connectivity index (χ3v) is 8.89. The van der Waals surface area contributed by atoms with Crippen molar-refractivity contribution in [1.82, 2.24) is 0 Å². The first kappa shape index (κ1) is 27.6. The zero-order valence-corrected chi connectivity index (χ0v) is 23.3. The summed E-state index contributed by atoms with van der Waals surface area (Å²) in [6.45, 7) is 1.50. The number of hydrogen-bond acceptors (Lipinski definition) is 5. The standard InChI is InChI=1S/C29H27ClN2O4S2/c1-21-18-22(20-37-26-6-4-3-5-7-26)8-17-28(21)31-29(33)19-32(24-11-9-23(30)10-12-24)38(34,35)27-15-13-25(36-2)14-16-27/h3-18H,19-20H2,1-2H3,(H,31,33). The van der Waals surface area contributed by atoms with Gasteiger partial charge in [0.2, 0.25) is 5.91 Å². The van der Waals surface area contributed by atoms with Crippen molar-refractivity contribution in [2.75, 3.05) is 23.3 Å². The predicted octanol–water partition coefficient (Wildman–Crippen LogP) is 6.78. The Hall–Kier alpha value is -3.46. The number of carbonyl (C=O) groups excluding carboxylic acids is 1. The van der Waals surface area contributed by atoms with Crippen LogP contribution in [-0.4, -0.2) is 28.0 Å². The summed E-state index contributed by atoms with van der Waals surface area (Å²) in [5.74, 6) is 0.858. The van der Waals surface area contributed by atoms with Crippen LogP contribution in [0.2, 0.25) is 5.02 Å². The van der Waals surface area contributed by atoms with E-state index in [1.165, 1.54) is 24.1 Å². The molecule has 4 aromatic rings. The van der Waals surface area contributed by atoms with Crippen molar-refractivity contribution >= 4 is 50.7 Å². The van der Waals surface area contributed by atoms with Crippen molar-refractivity contribution in [2.24, 2.45) is 0 Å². The van der Waals surface area contributed by atoms with Crippen LogP contribution in [0, 0.1) is 6.92 Å². The molecule has 0 saturated heterocycles. The molecular weight excluding hydrogens is 540 g/mol. The molecule has 1 N–H and O–H groups in total. The van der Waals surface area contributed by atoms with E-state index >= 15 is 0 Å². The highest BCUT2D eigenvalue weighted by atomic mass is 35.5. The first-order chi connectivity index (χ1) is 18.3. The zero-order chi connectivity index (χ0) is 27.1. The summed E-state index contributed by atoms with van der Waals surface area (Å²) in [4.78, 5) is 14.3. The summed E-state index contributed by atoms with van der Waals surface area (Å²) in [5, 5.41) is 3.33. The number of ether oxygens (including phenoxy) is 1. The van der Waals surface area contributed by atoms with Gasteiger partial charge in [-0.05, 0) is 84.8 Å². The van der Waals surface area contributed by atoms with Crippen molar-refractivity contribution in [3.05, 3.63) is 113 Å². The monoisotopic (exact) mass is 566 g/mol. The fourth-order valence-corrected chi connectivity index (χ4v) is 6.17. The molecule has 0 radical (unpaired) electrons. The second-order valence-corrected chi connectivity index (χ2v) is 11.8. The number of benzene rings is 4. The molecule has 4 rings (SSSR count). The largest absolute Gasteiger partial charge is 0.497 e. The molecule has 0 atom stereocenters. The molecule has 38 heavy (non-hydrogen) atoms. The number of thioether (sulfide) groups is 1. The van der Waals surface area contributed by atoms with Gasteiger partial charge in [0, 0.05) is 21.4 Å². The van der Waals surface area contributed by atoms with E-state index in [1.54, 1.807) is 48.2 Å². The first-order valence-electron chi connectivity index (χ1n) is 11.8. The summed E-state index contributed by atoms with van der Waals surface area (Å²) in [5.41, 5.74) is 2.96. The minimum atomic E-state index is -4.06. The van der Waals surface area contributed by atoms with E-state index in [-0.39, 0.29) is 4.90 Å². The van der Waals surface area contributed by atoms with Gasteiger partial charge in [0.05, 0.1) is 17.7 Å².